The van der Waals surface area contributed by atoms with Crippen LogP contribution in [0.3, 0.4) is 0 Å². The molecule has 1 aromatic rings. The molecule has 2 fully saturated rings. The molecular weight excluding hydrogens is 262 g/mol. The lowest BCUT2D eigenvalue weighted by Crippen LogP contribution is -2.48. The molecular formula is C17H25N3O. The third-order valence-corrected chi connectivity index (χ3v) is 5.08. The molecule has 2 aliphatic heterocycles. The van der Waals surface area contributed by atoms with Gasteiger partial charge in [-0.2, -0.15) is 0 Å². The molecule has 2 heterocycles. The van der Waals surface area contributed by atoms with Gasteiger partial charge in [0.15, 0.2) is 0 Å². The van der Waals surface area contributed by atoms with Crippen molar-refractivity contribution >= 4 is 11.7 Å². The Balaban J connectivity index is 1.54. The van der Waals surface area contributed by atoms with Crippen LogP contribution in [0.4, 0.5) is 10.5 Å². The van der Waals surface area contributed by atoms with Gasteiger partial charge in [0, 0.05) is 18.8 Å². The van der Waals surface area contributed by atoms with E-state index >= 15 is 0 Å². The van der Waals surface area contributed by atoms with E-state index in [1.807, 2.05) is 29.2 Å². The fraction of sp³-hybridized carbons (Fsp3) is 0.588. The Morgan fingerprint density at radius 1 is 1.10 bits per heavy atom. The maximum absolute atomic E-state index is 12.3. The van der Waals surface area contributed by atoms with Gasteiger partial charge in [0.1, 0.15) is 0 Å². The van der Waals surface area contributed by atoms with E-state index in [2.05, 4.69) is 17.6 Å². The van der Waals surface area contributed by atoms with E-state index in [0.717, 1.165) is 44.7 Å². The molecule has 2 amide bonds. The number of nitrogens with one attached hydrogen (secondary N) is 2. The van der Waals surface area contributed by atoms with Crippen molar-refractivity contribution in [2.24, 2.45) is 5.41 Å². The van der Waals surface area contributed by atoms with Crippen molar-refractivity contribution in [2.45, 2.75) is 32.6 Å². The van der Waals surface area contributed by atoms with Gasteiger partial charge in [-0.15, -0.1) is 0 Å². The lowest BCUT2D eigenvalue weighted by Gasteiger charge is -2.44. The molecule has 0 radical (unpaired) electrons. The fourth-order valence-corrected chi connectivity index (χ4v) is 3.48. The van der Waals surface area contributed by atoms with E-state index in [9.17, 15) is 4.79 Å². The standard InChI is InChI=1S/C17H25N3O/c1-14-2-4-15(5-3-14)19-16(21)20-12-8-17(9-13-20)6-10-18-11-7-17/h2-5,18H,6-13H2,1H3,(H,19,21). The Labute approximate surface area is 126 Å². The van der Waals surface area contributed by atoms with Crippen molar-refractivity contribution in [1.29, 1.82) is 0 Å². The van der Waals surface area contributed by atoms with Crippen LogP contribution < -0.4 is 10.6 Å². The summed E-state index contributed by atoms with van der Waals surface area (Å²) < 4.78 is 0. The Morgan fingerprint density at radius 2 is 1.71 bits per heavy atom. The zero-order valence-electron chi connectivity index (χ0n) is 12.8. The van der Waals surface area contributed by atoms with Gasteiger partial charge in [0.25, 0.3) is 0 Å². The molecule has 0 unspecified atom stereocenters. The summed E-state index contributed by atoms with van der Waals surface area (Å²) >= 11 is 0. The first-order chi connectivity index (χ1) is 10.2. The first-order valence-corrected chi connectivity index (χ1v) is 8.00. The quantitative estimate of drug-likeness (QED) is 0.834. The maximum Gasteiger partial charge on any atom is 0.321 e. The second kappa shape index (κ2) is 6.06. The van der Waals surface area contributed by atoms with Gasteiger partial charge < -0.3 is 15.5 Å². The lowest BCUT2D eigenvalue weighted by atomic mass is 9.72. The van der Waals surface area contributed by atoms with Crippen LogP contribution in [0.2, 0.25) is 0 Å². The highest BCUT2D eigenvalue weighted by Crippen LogP contribution is 2.39. The molecule has 1 spiro atoms. The van der Waals surface area contributed by atoms with E-state index < -0.39 is 0 Å². The predicted molar refractivity (Wildman–Crippen MR) is 85.5 cm³/mol. The highest BCUT2D eigenvalue weighted by atomic mass is 16.2. The van der Waals surface area contributed by atoms with E-state index in [-0.39, 0.29) is 6.03 Å². The largest absolute Gasteiger partial charge is 0.324 e. The first-order valence-electron chi connectivity index (χ1n) is 8.00. The van der Waals surface area contributed by atoms with Crippen LogP contribution >= 0.6 is 0 Å². The number of piperidine rings is 2. The van der Waals surface area contributed by atoms with Gasteiger partial charge in [-0.05, 0) is 63.2 Å². The maximum atomic E-state index is 12.3. The minimum atomic E-state index is 0.0441. The van der Waals surface area contributed by atoms with Crippen LogP contribution in [0, 0.1) is 12.3 Å². The zero-order valence-corrected chi connectivity index (χ0v) is 12.8. The van der Waals surface area contributed by atoms with Crippen LogP contribution in [0.15, 0.2) is 24.3 Å². The van der Waals surface area contributed by atoms with Crippen molar-refractivity contribution in [2.75, 3.05) is 31.5 Å². The average Bonchev–Trinajstić information content (AvgIpc) is 2.51. The predicted octanol–water partition coefficient (Wildman–Crippen LogP) is 2.99. The molecule has 4 nitrogen and oxygen atoms in total. The van der Waals surface area contributed by atoms with Crippen LogP contribution in [-0.4, -0.2) is 37.1 Å². The van der Waals surface area contributed by atoms with Gasteiger partial charge in [-0.25, -0.2) is 4.79 Å². The summed E-state index contributed by atoms with van der Waals surface area (Å²) in [4.78, 5) is 14.3. The van der Waals surface area contributed by atoms with E-state index in [4.69, 9.17) is 0 Å². The smallest absolute Gasteiger partial charge is 0.321 e. The number of carbonyl (C=O) groups excluding carboxylic acids is 1. The normalized spacial score (nSPS) is 21.3. The van der Waals surface area contributed by atoms with E-state index in [1.165, 1.54) is 18.4 Å². The van der Waals surface area contributed by atoms with Crippen LogP contribution in [0.5, 0.6) is 0 Å². The van der Waals surface area contributed by atoms with E-state index in [0.29, 0.717) is 5.41 Å². The second-order valence-corrected chi connectivity index (χ2v) is 6.53. The third kappa shape index (κ3) is 3.38. The summed E-state index contributed by atoms with van der Waals surface area (Å²) in [5.74, 6) is 0. The monoisotopic (exact) mass is 287 g/mol. The summed E-state index contributed by atoms with van der Waals surface area (Å²) in [5, 5.41) is 6.44. The highest BCUT2D eigenvalue weighted by molar-refractivity contribution is 5.89. The summed E-state index contributed by atoms with van der Waals surface area (Å²) in [5.41, 5.74) is 2.58. The molecule has 3 rings (SSSR count). The second-order valence-electron chi connectivity index (χ2n) is 6.53. The number of rotatable bonds is 1. The van der Waals surface area contributed by atoms with Gasteiger partial charge in [-0.1, -0.05) is 17.7 Å². The summed E-state index contributed by atoms with van der Waals surface area (Å²) in [6, 6.07) is 8.02. The molecule has 0 atom stereocenters. The molecule has 2 aliphatic rings. The molecule has 0 aliphatic carbocycles. The molecule has 114 valence electrons. The Hall–Kier alpha value is -1.55. The number of hydrogen-bond donors (Lipinski definition) is 2. The SMILES string of the molecule is Cc1ccc(NC(=O)N2CCC3(CCNCC3)CC2)cc1. The van der Waals surface area contributed by atoms with Crippen molar-refractivity contribution in [1.82, 2.24) is 10.2 Å². The number of urea groups is 1. The van der Waals surface area contributed by atoms with Gasteiger partial charge in [0.05, 0.1) is 0 Å². The molecule has 2 saturated heterocycles. The van der Waals surface area contributed by atoms with Crippen molar-refractivity contribution < 1.29 is 4.79 Å². The minimum absolute atomic E-state index is 0.0441. The lowest BCUT2D eigenvalue weighted by molar-refractivity contribution is 0.0915. The highest BCUT2D eigenvalue weighted by Gasteiger charge is 2.36. The number of amides is 2. The van der Waals surface area contributed by atoms with Crippen molar-refractivity contribution in [3.8, 4) is 0 Å². The van der Waals surface area contributed by atoms with Crippen LogP contribution in [0.1, 0.15) is 31.2 Å². The fourth-order valence-electron chi connectivity index (χ4n) is 3.48. The van der Waals surface area contributed by atoms with Gasteiger partial charge in [-0.3, -0.25) is 0 Å². The molecule has 0 aromatic heterocycles. The zero-order chi connectivity index (χ0) is 14.7. The number of aryl methyl sites for hydroxylation is 1. The number of benzene rings is 1. The third-order valence-electron chi connectivity index (χ3n) is 5.08. The number of nitrogens with zero attached hydrogens (tertiary/aromatic N) is 1. The van der Waals surface area contributed by atoms with E-state index in [1.54, 1.807) is 0 Å². The average molecular weight is 287 g/mol. The first kappa shape index (κ1) is 14.4. The molecule has 4 heteroatoms. The summed E-state index contributed by atoms with van der Waals surface area (Å²) in [6.07, 6.45) is 4.83. The number of anilines is 1. The van der Waals surface area contributed by atoms with Crippen molar-refractivity contribution in [3.05, 3.63) is 29.8 Å². The Kier molecular flexibility index (Phi) is 4.15. The number of hydrogen-bond acceptors (Lipinski definition) is 2. The Morgan fingerprint density at radius 3 is 2.33 bits per heavy atom. The Bertz CT molecular complexity index is 481. The molecule has 0 bridgehead atoms. The minimum Gasteiger partial charge on any atom is -0.324 e. The molecule has 2 N–H and O–H groups in total. The molecule has 0 saturated carbocycles. The molecule has 21 heavy (non-hydrogen) atoms. The van der Waals surface area contributed by atoms with Crippen LogP contribution in [-0.2, 0) is 0 Å². The van der Waals surface area contributed by atoms with Crippen molar-refractivity contribution in [3.63, 3.8) is 0 Å². The van der Waals surface area contributed by atoms with Gasteiger partial charge >= 0.3 is 6.03 Å². The number of carbonyl (C=O) groups is 1. The summed E-state index contributed by atoms with van der Waals surface area (Å²) in [6.45, 7) is 6.09. The van der Waals surface area contributed by atoms with Crippen LogP contribution in [0.25, 0.3) is 0 Å². The molecule has 1 aromatic carbocycles. The number of likely N-dealkylation sites (tertiary alicyclic amines) is 1. The van der Waals surface area contributed by atoms with Gasteiger partial charge in [0.2, 0.25) is 0 Å². The summed E-state index contributed by atoms with van der Waals surface area (Å²) in [7, 11) is 0. The topological polar surface area (TPSA) is 44.4 Å².